The highest BCUT2D eigenvalue weighted by molar-refractivity contribution is 5.68. The number of amides is 1. The summed E-state index contributed by atoms with van der Waals surface area (Å²) in [6, 6.07) is 0. The summed E-state index contributed by atoms with van der Waals surface area (Å²) in [5.74, 6) is 0.610. The van der Waals surface area contributed by atoms with E-state index in [0.717, 1.165) is 39.0 Å². The van der Waals surface area contributed by atoms with Gasteiger partial charge in [0.25, 0.3) is 0 Å². The van der Waals surface area contributed by atoms with Crippen LogP contribution in [0.25, 0.3) is 0 Å². The minimum absolute atomic E-state index is 0.0461. The van der Waals surface area contributed by atoms with Gasteiger partial charge in [0, 0.05) is 26.2 Å². The fourth-order valence-electron chi connectivity index (χ4n) is 2.96. The van der Waals surface area contributed by atoms with E-state index in [1.165, 1.54) is 0 Å². The first-order valence-electron chi connectivity index (χ1n) is 7.98. The van der Waals surface area contributed by atoms with Gasteiger partial charge in [-0.15, -0.1) is 0 Å². The average Bonchev–Trinajstić information content (AvgIpc) is 2.83. The number of carbonyl (C=O) groups excluding carboxylic acids is 1. The molecule has 3 rings (SSSR count). The highest BCUT2D eigenvalue weighted by Gasteiger charge is 2.43. The number of carbonyl (C=O) groups is 1. The van der Waals surface area contributed by atoms with E-state index in [9.17, 15) is 4.79 Å². The van der Waals surface area contributed by atoms with E-state index in [0.29, 0.717) is 12.0 Å². The van der Waals surface area contributed by atoms with Crippen molar-refractivity contribution >= 4 is 6.09 Å². The molecule has 3 heterocycles. The lowest BCUT2D eigenvalue weighted by Gasteiger charge is -2.19. The van der Waals surface area contributed by atoms with E-state index in [-0.39, 0.29) is 18.4 Å². The quantitative estimate of drug-likeness (QED) is 0.730. The van der Waals surface area contributed by atoms with E-state index in [1.807, 2.05) is 18.7 Å². The van der Waals surface area contributed by atoms with Gasteiger partial charge >= 0.3 is 6.09 Å². The molecule has 0 aliphatic carbocycles. The van der Waals surface area contributed by atoms with Crippen LogP contribution in [-0.2, 0) is 9.47 Å². The molecule has 0 aromatic rings. The predicted molar refractivity (Wildman–Crippen MR) is 77.5 cm³/mol. The number of likely N-dealkylation sites (tertiary alicyclic amines) is 2. The Kier molecular flexibility index (Phi) is 5.27. The maximum atomic E-state index is 12.0. The molecule has 3 aliphatic heterocycles. The molecular weight excluding hydrogens is 256 g/mol. The topological polar surface area (TPSA) is 45.3 Å². The lowest BCUT2D eigenvalue weighted by Crippen LogP contribution is -2.34. The van der Waals surface area contributed by atoms with Crippen LogP contribution in [0.15, 0.2) is 0 Å². The minimum Gasteiger partial charge on any atom is -0.445 e. The molecule has 0 spiro atoms. The lowest BCUT2D eigenvalue weighted by molar-refractivity contribution is 0.0677. The Morgan fingerprint density at radius 2 is 1.85 bits per heavy atom. The minimum atomic E-state index is -0.129. The van der Waals surface area contributed by atoms with Crippen molar-refractivity contribution in [3.63, 3.8) is 0 Å². The van der Waals surface area contributed by atoms with Gasteiger partial charge in [0.1, 0.15) is 12.3 Å². The van der Waals surface area contributed by atoms with Gasteiger partial charge in [-0.25, -0.2) is 4.79 Å². The lowest BCUT2D eigenvalue weighted by atomic mass is 10.2. The highest BCUT2D eigenvalue weighted by Crippen LogP contribution is 2.29. The van der Waals surface area contributed by atoms with E-state index in [1.54, 1.807) is 0 Å². The average molecular weight is 284 g/mol. The van der Waals surface area contributed by atoms with Crippen LogP contribution in [0.5, 0.6) is 0 Å². The van der Waals surface area contributed by atoms with E-state index >= 15 is 0 Å². The number of rotatable bonds is 2. The fraction of sp³-hybridized carbons (Fsp3) is 0.933. The summed E-state index contributed by atoms with van der Waals surface area (Å²) in [4.78, 5) is 16.1. The Hall–Kier alpha value is -0.810. The highest BCUT2D eigenvalue weighted by atomic mass is 16.6. The zero-order valence-corrected chi connectivity index (χ0v) is 13.2. The van der Waals surface area contributed by atoms with Gasteiger partial charge in [-0.3, -0.25) is 4.90 Å². The van der Waals surface area contributed by atoms with Crippen molar-refractivity contribution in [3.05, 3.63) is 0 Å². The van der Waals surface area contributed by atoms with Crippen molar-refractivity contribution in [2.45, 2.75) is 59.0 Å². The maximum absolute atomic E-state index is 12.0. The van der Waals surface area contributed by atoms with Gasteiger partial charge in [0.05, 0.1) is 6.10 Å². The molecule has 5 heteroatoms. The molecule has 3 fully saturated rings. The molecule has 0 radical (unpaired) electrons. The monoisotopic (exact) mass is 284 g/mol. The van der Waals surface area contributed by atoms with Gasteiger partial charge in [-0.1, -0.05) is 20.8 Å². The maximum Gasteiger partial charge on any atom is 0.410 e. The zero-order chi connectivity index (χ0) is 14.7. The zero-order valence-electron chi connectivity index (χ0n) is 13.2. The molecule has 0 saturated carbocycles. The second-order valence-corrected chi connectivity index (χ2v) is 5.86. The molecule has 0 aromatic carbocycles. The van der Waals surface area contributed by atoms with E-state index in [4.69, 9.17) is 9.47 Å². The summed E-state index contributed by atoms with van der Waals surface area (Å²) in [5, 5.41) is 0. The molecule has 1 amide bonds. The van der Waals surface area contributed by atoms with Crippen LogP contribution < -0.4 is 0 Å². The molecule has 3 saturated heterocycles. The third kappa shape index (κ3) is 3.64. The third-order valence-corrected chi connectivity index (χ3v) is 4.16. The smallest absolute Gasteiger partial charge is 0.410 e. The summed E-state index contributed by atoms with van der Waals surface area (Å²) in [6.07, 6.45) is 2.56. The van der Waals surface area contributed by atoms with Gasteiger partial charge < -0.3 is 14.4 Å². The molecule has 0 N–H and O–H groups in total. The molecule has 0 aromatic heterocycles. The van der Waals surface area contributed by atoms with Crippen LogP contribution in [0.4, 0.5) is 4.79 Å². The van der Waals surface area contributed by atoms with Crippen LogP contribution in [0.3, 0.4) is 0 Å². The number of ether oxygens (including phenoxy) is 2. The first-order chi connectivity index (χ1) is 9.63. The Labute approximate surface area is 122 Å². The van der Waals surface area contributed by atoms with Crippen LogP contribution >= 0.6 is 0 Å². The molecule has 116 valence electrons. The molecular formula is C15H28N2O3. The molecule has 4 unspecified atom stereocenters. The molecule has 5 nitrogen and oxygen atoms in total. The summed E-state index contributed by atoms with van der Waals surface area (Å²) in [6.45, 7) is 11.7. The fourth-order valence-corrected chi connectivity index (χ4v) is 2.96. The van der Waals surface area contributed by atoms with Crippen LogP contribution in [0, 0.1) is 5.92 Å². The summed E-state index contributed by atoms with van der Waals surface area (Å²) >= 11 is 0. The van der Waals surface area contributed by atoms with Gasteiger partial charge in [-0.05, 0) is 25.7 Å². The van der Waals surface area contributed by atoms with E-state index in [2.05, 4.69) is 18.7 Å². The van der Waals surface area contributed by atoms with Crippen molar-refractivity contribution < 1.29 is 14.3 Å². The predicted octanol–water partition coefficient (Wildman–Crippen LogP) is 2.31. The molecule has 20 heavy (non-hydrogen) atoms. The first-order valence-corrected chi connectivity index (χ1v) is 7.98. The number of nitrogens with zero attached hydrogens (tertiary/aromatic N) is 2. The van der Waals surface area contributed by atoms with Crippen molar-refractivity contribution in [1.29, 1.82) is 0 Å². The second kappa shape index (κ2) is 6.76. The van der Waals surface area contributed by atoms with Crippen molar-refractivity contribution in [3.8, 4) is 0 Å². The van der Waals surface area contributed by atoms with Crippen LogP contribution in [0.1, 0.15) is 40.5 Å². The van der Waals surface area contributed by atoms with Gasteiger partial charge in [0.2, 0.25) is 0 Å². The normalized spacial score (nSPS) is 36.5. The first kappa shape index (κ1) is 15.6. The number of epoxide rings is 1. The summed E-state index contributed by atoms with van der Waals surface area (Å²) in [5.41, 5.74) is 0. The molecule has 4 atom stereocenters. The summed E-state index contributed by atoms with van der Waals surface area (Å²) in [7, 11) is 0. The Balaban J connectivity index is 0.000000704. The SMILES string of the molecule is CC.CC1CCN(C(=O)OC2CCN(C3OC3C)C2)C1. The van der Waals surface area contributed by atoms with Crippen molar-refractivity contribution in [2.24, 2.45) is 5.92 Å². The van der Waals surface area contributed by atoms with Crippen molar-refractivity contribution in [2.75, 3.05) is 26.2 Å². The van der Waals surface area contributed by atoms with Crippen LogP contribution in [0.2, 0.25) is 0 Å². The van der Waals surface area contributed by atoms with Gasteiger partial charge in [-0.2, -0.15) is 0 Å². The molecule has 0 bridgehead atoms. The number of hydrogen-bond donors (Lipinski definition) is 0. The standard InChI is InChI=1S/C13H22N2O3.C2H6/c1-9-3-5-15(7-9)13(16)18-11-4-6-14(8-11)12-10(2)17-12;1-2/h9-12H,3-8H2,1-2H3;1-2H3. The van der Waals surface area contributed by atoms with Crippen LogP contribution in [-0.4, -0.2) is 60.5 Å². The van der Waals surface area contributed by atoms with Gasteiger partial charge in [0.15, 0.2) is 0 Å². The number of hydrogen-bond acceptors (Lipinski definition) is 4. The molecule has 3 aliphatic rings. The third-order valence-electron chi connectivity index (χ3n) is 4.16. The Morgan fingerprint density at radius 3 is 2.40 bits per heavy atom. The van der Waals surface area contributed by atoms with Crippen molar-refractivity contribution in [1.82, 2.24) is 9.80 Å². The Morgan fingerprint density at radius 1 is 1.15 bits per heavy atom. The second-order valence-electron chi connectivity index (χ2n) is 5.86. The van der Waals surface area contributed by atoms with E-state index < -0.39 is 0 Å². The largest absolute Gasteiger partial charge is 0.445 e. The summed E-state index contributed by atoms with van der Waals surface area (Å²) < 4.78 is 11.0. The Bertz CT molecular complexity index is 337.